The summed E-state index contributed by atoms with van der Waals surface area (Å²) < 4.78 is 5.45. The quantitative estimate of drug-likeness (QED) is 0.544. The highest BCUT2D eigenvalue weighted by molar-refractivity contribution is 4.95. The fourth-order valence-electron chi connectivity index (χ4n) is 2.41. The smallest absolute Gasteiger partial charge is 0.0647 e. The highest BCUT2D eigenvalue weighted by Gasteiger charge is 2.22. The lowest BCUT2D eigenvalue weighted by atomic mass is 9.80. The lowest BCUT2D eigenvalue weighted by Crippen LogP contribution is -2.23. The van der Waals surface area contributed by atoms with Crippen molar-refractivity contribution in [1.82, 2.24) is 0 Å². The van der Waals surface area contributed by atoms with Crippen LogP contribution in [0.2, 0.25) is 0 Å². The van der Waals surface area contributed by atoms with E-state index in [4.69, 9.17) is 4.74 Å². The summed E-state index contributed by atoms with van der Waals surface area (Å²) in [6.45, 7) is 1.81. The van der Waals surface area contributed by atoms with Crippen LogP contribution < -0.4 is 0 Å². The zero-order valence-electron chi connectivity index (χ0n) is 7.67. The van der Waals surface area contributed by atoms with Gasteiger partial charge in [0.05, 0.1) is 13.2 Å². The van der Waals surface area contributed by atoms with Crippen molar-refractivity contribution >= 4 is 0 Å². The van der Waals surface area contributed by atoms with E-state index in [0.717, 1.165) is 25.0 Å². The minimum atomic E-state index is 0.735. The normalized spacial score (nSPS) is 32.2. The van der Waals surface area contributed by atoms with Gasteiger partial charge in [0.2, 0.25) is 0 Å². The summed E-state index contributed by atoms with van der Waals surface area (Å²) in [6.07, 6.45) is 11.7. The average Bonchev–Trinajstić information content (AvgIpc) is 2.21. The van der Waals surface area contributed by atoms with Crippen molar-refractivity contribution < 1.29 is 4.74 Å². The zero-order chi connectivity index (χ0) is 8.23. The maximum absolute atomic E-state index is 5.45. The van der Waals surface area contributed by atoms with Gasteiger partial charge in [0.1, 0.15) is 0 Å². The van der Waals surface area contributed by atoms with Gasteiger partial charge in [-0.1, -0.05) is 31.4 Å². The molecule has 68 valence electrons. The second kappa shape index (κ2) is 4.08. The van der Waals surface area contributed by atoms with E-state index in [2.05, 4.69) is 12.2 Å². The van der Waals surface area contributed by atoms with E-state index in [1.54, 1.807) is 0 Å². The van der Waals surface area contributed by atoms with Crippen LogP contribution in [0.15, 0.2) is 12.2 Å². The molecule has 1 aliphatic carbocycles. The van der Waals surface area contributed by atoms with Crippen LogP contribution in [0.1, 0.15) is 32.1 Å². The molecule has 0 aromatic rings. The van der Waals surface area contributed by atoms with Crippen molar-refractivity contribution in [1.29, 1.82) is 0 Å². The van der Waals surface area contributed by atoms with Gasteiger partial charge in [-0.25, -0.2) is 0 Å². The molecule has 12 heavy (non-hydrogen) atoms. The number of ether oxygens (including phenoxy) is 1. The van der Waals surface area contributed by atoms with Crippen LogP contribution in [0.25, 0.3) is 0 Å². The Kier molecular flexibility index (Phi) is 2.83. The van der Waals surface area contributed by atoms with Crippen LogP contribution in [0.3, 0.4) is 0 Å². The molecule has 1 atom stereocenters. The molecule has 2 aliphatic rings. The van der Waals surface area contributed by atoms with Gasteiger partial charge in [0.15, 0.2) is 0 Å². The average molecular weight is 166 g/mol. The maximum atomic E-state index is 5.45. The Labute approximate surface area is 74.8 Å². The van der Waals surface area contributed by atoms with Gasteiger partial charge in [0.25, 0.3) is 0 Å². The topological polar surface area (TPSA) is 9.23 Å². The number of hydrogen-bond donors (Lipinski definition) is 0. The summed E-state index contributed by atoms with van der Waals surface area (Å²) in [4.78, 5) is 0. The molecule has 0 N–H and O–H groups in total. The number of hydrogen-bond acceptors (Lipinski definition) is 1. The van der Waals surface area contributed by atoms with Gasteiger partial charge in [-0.2, -0.15) is 0 Å². The van der Waals surface area contributed by atoms with Crippen LogP contribution in [0.5, 0.6) is 0 Å². The third kappa shape index (κ3) is 1.89. The largest absolute Gasteiger partial charge is 0.377 e. The molecule has 0 bridgehead atoms. The Bertz CT molecular complexity index is 156. The van der Waals surface area contributed by atoms with Gasteiger partial charge < -0.3 is 4.74 Å². The minimum Gasteiger partial charge on any atom is -0.377 e. The molecule has 1 fully saturated rings. The first-order valence-electron chi connectivity index (χ1n) is 5.21. The van der Waals surface area contributed by atoms with Crippen molar-refractivity contribution in [3.8, 4) is 0 Å². The van der Waals surface area contributed by atoms with Crippen molar-refractivity contribution in [3.63, 3.8) is 0 Å². The first-order chi connectivity index (χ1) is 5.97. The Morgan fingerprint density at radius 1 is 1.08 bits per heavy atom. The molecular formula is C11H18O. The van der Waals surface area contributed by atoms with Crippen LogP contribution in [0, 0.1) is 11.8 Å². The molecule has 0 radical (unpaired) electrons. The fourth-order valence-corrected chi connectivity index (χ4v) is 2.41. The van der Waals surface area contributed by atoms with E-state index in [1.807, 2.05) is 0 Å². The summed E-state index contributed by atoms with van der Waals surface area (Å²) in [7, 11) is 0. The Morgan fingerprint density at radius 2 is 1.92 bits per heavy atom. The predicted molar refractivity (Wildman–Crippen MR) is 50.0 cm³/mol. The van der Waals surface area contributed by atoms with E-state index < -0.39 is 0 Å². The predicted octanol–water partition coefficient (Wildman–Crippen LogP) is 2.77. The molecule has 1 heteroatoms. The van der Waals surface area contributed by atoms with Crippen molar-refractivity contribution in [2.24, 2.45) is 11.8 Å². The van der Waals surface area contributed by atoms with Gasteiger partial charge in [-0.05, 0) is 18.8 Å². The van der Waals surface area contributed by atoms with Crippen LogP contribution in [0.4, 0.5) is 0 Å². The van der Waals surface area contributed by atoms with Crippen LogP contribution in [-0.4, -0.2) is 13.2 Å². The molecule has 1 nitrogen and oxygen atoms in total. The highest BCUT2D eigenvalue weighted by atomic mass is 16.5. The lowest BCUT2D eigenvalue weighted by Gasteiger charge is -2.29. The van der Waals surface area contributed by atoms with E-state index in [1.165, 1.54) is 32.1 Å². The molecule has 0 spiro atoms. The zero-order valence-corrected chi connectivity index (χ0v) is 7.67. The van der Waals surface area contributed by atoms with E-state index in [-0.39, 0.29) is 0 Å². The molecule has 0 saturated heterocycles. The van der Waals surface area contributed by atoms with Gasteiger partial charge in [0, 0.05) is 5.92 Å². The lowest BCUT2D eigenvalue weighted by molar-refractivity contribution is 0.0923. The standard InChI is InChI=1S/C11H18O/c1-2-5-10(6-3-1)11-7-4-8-12-9-11/h4,7,10-11H,1-3,5-6,8-9H2. The Hall–Kier alpha value is -0.300. The van der Waals surface area contributed by atoms with Crippen molar-refractivity contribution in [2.45, 2.75) is 32.1 Å². The third-order valence-electron chi connectivity index (χ3n) is 3.16. The molecule has 1 unspecified atom stereocenters. The fraction of sp³-hybridized carbons (Fsp3) is 0.818. The maximum Gasteiger partial charge on any atom is 0.0647 e. The van der Waals surface area contributed by atoms with Crippen LogP contribution >= 0.6 is 0 Å². The molecule has 0 aromatic heterocycles. The first kappa shape index (κ1) is 8.31. The third-order valence-corrected chi connectivity index (χ3v) is 3.16. The molecule has 0 aromatic carbocycles. The van der Waals surface area contributed by atoms with Crippen LogP contribution in [-0.2, 0) is 4.74 Å². The number of rotatable bonds is 1. The van der Waals surface area contributed by atoms with Crippen molar-refractivity contribution in [2.75, 3.05) is 13.2 Å². The second-order valence-corrected chi connectivity index (χ2v) is 4.03. The molecule has 0 amide bonds. The summed E-state index contributed by atoms with van der Waals surface area (Å²) in [5, 5.41) is 0. The SMILES string of the molecule is C1=CC(C2CCCCC2)COC1. The van der Waals surface area contributed by atoms with Gasteiger partial charge in [-0.3, -0.25) is 0 Å². The van der Waals surface area contributed by atoms with Crippen molar-refractivity contribution in [3.05, 3.63) is 12.2 Å². The second-order valence-electron chi connectivity index (χ2n) is 4.03. The highest BCUT2D eigenvalue weighted by Crippen LogP contribution is 2.31. The molecule has 1 aliphatic heterocycles. The van der Waals surface area contributed by atoms with Gasteiger partial charge >= 0.3 is 0 Å². The summed E-state index contributed by atoms with van der Waals surface area (Å²) in [5.41, 5.74) is 0. The van der Waals surface area contributed by atoms with E-state index >= 15 is 0 Å². The summed E-state index contributed by atoms with van der Waals surface area (Å²) in [5.74, 6) is 1.66. The molecule has 2 rings (SSSR count). The summed E-state index contributed by atoms with van der Waals surface area (Å²) in [6, 6.07) is 0. The molecule has 1 saturated carbocycles. The Balaban J connectivity index is 1.88. The summed E-state index contributed by atoms with van der Waals surface area (Å²) >= 11 is 0. The molecular weight excluding hydrogens is 148 g/mol. The minimum absolute atomic E-state index is 0.735. The van der Waals surface area contributed by atoms with E-state index in [0.29, 0.717) is 0 Å². The van der Waals surface area contributed by atoms with Gasteiger partial charge in [-0.15, -0.1) is 0 Å². The monoisotopic (exact) mass is 166 g/mol. The Morgan fingerprint density at radius 3 is 2.58 bits per heavy atom. The first-order valence-corrected chi connectivity index (χ1v) is 5.21. The molecule has 1 heterocycles. The van der Waals surface area contributed by atoms with E-state index in [9.17, 15) is 0 Å².